The molecule has 5 N–H and O–H groups in total. The molecule has 106 valence electrons. The van der Waals surface area contributed by atoms with E-state index in [2.05, 4.69) is 30.4 Å². The minimum absolute atomic E-state index is 0.0473. The van der Waals surface area contributed by atoms with Crippen LogP contribution in [0.2, 0.25) is 0 Å². The number of nitrogens with two attached hydrogens (primary N) is 2. The number of anilines is 2. The van der Waals surface area contributed by atoms with Gasteiger partial charge in [0.15, 0.2) is 0 Å². The maximum absolute atomic E-state index is 10.5. The monoisotopic (exact) mass is 279 g/mol. The van der Waals surface area contributed by atoms with Crippen molar-refractivity contribution >= 4 is 17.8 Å². The number of nitrogens with zero attached hydrogens (tertiary/aromatic N) is 6. The van der Waals surface area contributed by atoms with Crippen LogP contribution in [0.15, 0.2) is 12.7 Å². The molecule has 0 saturated carbocycles. The van der Waals surface area contributed by atoms with Crippen molar-refractivity contribution in [1.29, 1.82) is 0 Å². The van der Waals surface area contributed by atoms with Gasteiger partial charge in [-0.3, -0.25) is 4.79 Å². The lowest BCUT2D eigenvalue weighted by Crippen LogP contribution is -2.21. The van der Waals surface area contributed by atoms with E-state index in [0.717, 1.165) is 0 Å². The van der Waals surface area contributed by atoms with Crippen LogP contribution in [-0.2, 0) is 9.53 Å². The smallest absolute Gasteiger partial charge is 0.258 e. The second-order valence-electron chi connectivity index (χ2n) is 3.60. The Labute approximate surface area is 113 Å². The number of amides is 1. The average molecular weight is 279 g/mol. The fourth-order valence-corrected chi connectivity index (χ4v) is 1.28. The molecular weight excluding hydrogens is 266 g/mol. The molecule has 1 amide bonds. The third-order valence-electron chi connectivity index (χ3n) is 2.04. The lowest BCUT2D eigenvalue weighted by atomic mass is 10.6. The Bertz CT molecular complexity index is 571. The normalized spacial score (nSPS) is 10.4. The van der Waals surface area contributed by atoms with Crippen LogP contribution < -0.4 is 16.8 Å². The first-order valence-corrected chi connectivity index (χ1v) is 5.61. The molecule has 0 bridgehead atoms. The van der Waals surface area contributed by atoms with Crippen molar-refractivity contribution in [2.24, 2.45) is 5.73 Å². The minimum atomic E-state index is -0.525. The number of aromatic nitrogens is 6. The SMILES string of the molecule is NC(=O)COCCNc1nc(N)nc(-n2cncn2)n1. The summed E-state index contributed by atoms with van der Waals surface area (Å²) in [5.74, 6) is 0.0372. The summed E-state index contributed by atoms with van der Waals surface area (Å²) in [4.78, 5) is 26.2. The maximum atomic E-state index is 10.5. The van der Waals surface area contributed by atoms with Gasteiger partial charge in [0.1, 0.15) is 19.3 Å². The Morgan fingerprint density at radius 3 is 2.95 bits per heavy atom. The van der Waals surface area contributed by atoms with Crippen LogP contribution in [0.4, 0.5) is 11.9 Å². The number of ether oxygens (including phenoxy) is 1. The van der Waals surface area contributed by atoms with Gasteiger partial charge in [-0.15, -0.1) is 0 Å². The van der Waals surface area contributed by atoms with E-state index in [1.165, 1.54) is 17.3 Å². The van der Waals surface area contributed by atoms with Crippen molar-refractivity contribution in [3.63, 3.8) is 0 Å². The van der Waals surface area contributed by atoms with Crippen LogP contribution in [0.5, 0.6) is 0 Å². The standard InChI is InChI=1S/C9H13N9O2/c10-6(19)3-20-2-1-13-8-15-7(11)16-9(17-8)18-5-12-4-14-18/h4-5H,1-3H2,(H2,10,19)(H3,11,13,15,16,17). The molecule has 0 atom stereocenters. The van der Waals surface area contributed by atoms with E-state index < -0.39 is 5.91 Å². The summed E-state index contributed by atoms with van der Waals surface area (Å²) in [5.41, 5.74) is 10.5. The second-order valence-corrected chi connectivity index (χ2v) is 3.60. The molecule has 0 aliphatic heterocycles. The topological polar surface area (TPSA) is 160 Å². The predicted octanol–water partition coefficient (Wildman–Crippen LogP) is -2.05. The third-order valence-corrected chi connectivity index (χ3v) is 2.04. The Balaban J connectivity index is 1.93. The largest absolute Gasteiger partial charge is 0.370 e. The number of primary amides is 1. The molecule has 0 aliphatic rings. The number of nitrogen functional groups attached to an aromatic ring is 1. The van der Waals surface area contributed by atoms with E-state index in [4.69, 9.17) is 16.2 Å². The van der Waals surface area contributed by atoms with Gasteiger partial charge in [0.05, 0.1) is 6.61 Å². The van der Waals surface area contributed by atoms with Gasteiger partial charge < -0.3 is 21.5 Å². The molecule has 2 rings (SSSR count). The van der Waals surface area contributed by atoms with Crippen molar-refractivity contribution in [3.8, 4) is 5.95 Å². The molecule has 2 heterocycles. The van der Waals surface area contributed by atoms with E-state index >= 15 is 0 Å². The first-order chi connectivity index (χ1) is 9.65. The molecule has 0 aliphatic carbocycles. The zero-order valence-corrected chi connectivity index (χ0v) is 10.4. The lowest BCUT2D eigenvalue weighted by Gasteiger charge is -2.06. The maximum Gasteiger partial charge on any atom is 0.258 e. The Morgan fingerprint density at radius 2 is 2.25 bits per heavy atom. The molecule has 20 heavy (non-hydrogen) atoms. The molecule has 2 aromatic heterocycles. The molecule has 0 radical (unpaired) electrons. The van der Waals surface area contributed by atoms with Crippen LogP contribution in [0.3, 0.4) is 0 Å². The molecule has 11 heteroatoms. The van der Waals surface area contributed by atoms with Gasteiger partial charge in [-0.1, -0.05) is 0 Å². The summed E-state index contributed by atoms with van der Waals surface area (Å²) in [6.45, 7) is 0.520. The summed E-state index contributed by atoms with van der Waals surface area (Å²) in [6.07, 6.45) is 2.79. The fraction of sp³-hybridized carbons (Fsp3) is 0.333. The number of hydrogen-bond acceptors (Lipinski definition) is 9. The number of hydrogen-bond donors (Lipinski definition) is 3. The molecule has 0 aromatic carbocycles. The van der Waals surface area contributed by atoms with Gasteiger partial charge in [-0.2, -0.15) is 24.7 Å². The third kappa shape index (κ3) is 3.84. The minimum Gasteiger partial charge on any atom is -0.370 e. The summed E-state index contributed by atoms with van der Waals surface area (Å²) < 4.78 is 6.34. The van der Waals surface area contributed by atoms with E-state index in [1.54, 1.807) is 0 Å². The highest BCUT2D eigenvalue weighted by Gasteiger charge is 2.06. The molecule has 0 saturated heterocycles. The van der Waals surface area contributed by atoms with Crippen molar-refractivity contribution in [3.05, 3.63) is 12.7 Å². The van der Waals surface area contributed by atoms with Crippen molar-refractivity contribution < 1.29 is 9.53 Å². The van der Waals surface area contributed by atoms with Crippen LogP contribution >= 0.6 is 0 Å². The summed E-state index contributed by atoms with van der Waals surface area (Å²) in [5, 5.41) is 6.77. The number of nitrogens with one attached hydrogen (secondary N) is 1. The van der Waals surface area contributed by atoms with Gasteiger partial charge in [-0.25, -0.2) is 4.98 Å². The summed E-state index contributed by atoms with van der Waals surface area (Å²) in [7, 11) is 0. The first-order valence-electron chi connectivity index (χ1n) is 5.61. The summed E-state index contributed by atoms with van der Waals surface area (Å²) in [6, 6.07) is 0. The fourth-order valence-electron chi connectivity index (χ4n) is 1.28. The molecule has 0 fully saturated rings. The Kier molecular flexibility index (Phi) is 4.34. The lowest BCUT2D eigenvalue weighted by molar-refractivity contribution is -0.122. The highest BCUT2D eigenvalue weighted by molar-refractivity contribution is 5.74. The molecule has 2 aromatic rings. The quantitative estimate of drug-likeness (QED) is 0.484. The number of rotatable bonds is 7. The van der Waals surface area contributed by atoms with Gasteiger partial charge >= 0.3 is 0 Å². The number of carbonyl (C=O) groups is 1. The van der Waals surface area contributed by atoms with Gasteiger partial charge in [-0.05, 0) is 0 Å². The second kappa shape index (κ2) is 6.38. The highest BCUT2D eigenvalue weighted by Crippen LogP contribution is 2.05. The first kappa shape index (κ1) is 13.6. The average Bonchev–Trinajstić information content (AvgIpc) is 2.91. The van der Waals surface area contributed by atoms with Crippen LogP contribution in [0, 0.1) is 0 Å². The van der Waals surface area contributed by atoms with E-state index in [1.807, 2.05) is 0 Å². The molecule has 11 nitrogen and oxygen atoms in total. The zero-order valence-electron chi connectivity index (χ0n) is 10.4. The van der Waals surface area contributed by atoms with Crippen molar-refractivity contribution in [2.75, 3.05) is 30.8 Å². The highest BCUT2D eigenvalue weighted by atomic mass is 16.5. The van der Waals surface area contributed by atoms with E-state index in [9.17, 15) is 4.79 Å². The predicted molar refractivity (Wildman–Crippen MR) is 67.7 cm³/mol. The Hall–Kier alpha value is -2.82. The van der Waals surface area contributed by atoms with Crippen LogP contribution in [0.25, 0.3) is 5.95 Å². The van der Waals surface area contributed by atoms with Gasteiger partial charge in [0.2, 0.25) is 17.8 Å². The molecule has 0 unspecified atom stereocenters. The molecular formula is C9H13N9O2. The van der Waals surface area contributed by atoms with Crippen LogP contribution in [0.1, 0.15) is 0 Å². The van der Waals surface area contributed by atoms with Gasteiger partial charge in [0.25, 0.3) is 5.95 Å². The van der Waals surface area contributed by atoms with Crippen molar-refractivity contribution in [2.45, 2.75) is 0 Å². The summed E-state index contributed by atoms with van der Waals surface area (Å²) >= 11 is 0. The van der Waals surface area contributed by atoms with Gasteiger partial charge in [0, 0.05) is 6.54 Å². The van der Waals surface area contributed by atoms with Crippen LogP contribution in [-0.4, -0.2) is 55.4 Å². The van der Waals surface area contributed by atoms with E-state index in [-0.39, 0.29) is 31.1 Å². The number of carbonyl (C=O) groups excluding carboxylic acids is 1. The van der Waals surface area contributed by atoms with E-state index in [0.29, 0.717) is 6.54 Å². The zero-order chi connectivity index (χ0) is 14.4. The molecule has 0 spiro atoms. The van der Waals surface area contributed by atoms with Crippen molar-refractivity contribution in [1.82, 2.24) is 29.7 Å². The Morgan fingerprint density at radius 1 is 1.40 bits per heavy atom.